The summed E-state index contributed by atoms with van der Waals surface area (Å²) < 4.78 is 5.50. The summed E-state index contributed by atoms with van der Waals surface area (Å²) in [5.74, 6) is 0.741. The Morgan fingerprint density at radius 2 is 1.83 bits per heavy atom. The van der Waals surface area contributed by atoms with Crippen LogP contribution < -0.4 is 10.1 Å². The van der Waals surface area contributed by atoms with Gasteiger partial charge < -0.3 is 15.0 Å². The van der Waals surface area contributed by atoms with Crippen molar-refractivity contribution in [2.24, 2.45) is 0 Å². The fourth-order valence-corrected chi connectivity index (χ4v) is 2.78. The van der Waals surface area contributed by atoms with Crippen LogP contribution in [0.3, 0.4) is 0 Å². The maximum atomic E-state index is 12.2. The lowest BCUT2D eigenvalue weighted by Crippen LogP contribution is -2.43. The molecule has 0 atom stereocenters. The molecule has 5 nitrogen and oxygen atoms in total. The minimum Gasteiger partial charge on any atom is -0.494 e. The topological polar surface area (TPSA) is 58.6 Å². The minimum absolute atomic E-state index is 0.00410. The zero-order chi connectivity index (χ0) is 17.4. The van der Waals surface area contributed by atoms with Crippen LogP contribution in [0.4, 0.5) is 0 Å². The highest BCUT2D eigenvalue weighted by Gasteiger charge is 2.18. The van der Waals surface area contributed by atoms with E-state index < -0.39 is 0 Å². The first-order valence-corrected chi connectivity index (χ1v) is 8.82. The van der Waals surface area contributed by atoms with Gasteiger partial charge in [0, 0.05) is 24.4 Å². The Hall–Kier alpha value is -1.88. The van der Waals surface area contributed by atoms with Crippen molar-refractivity contribution in [3.8, 4) is 5.75 Å². The third-order valence-corrected chi connectivity index (χ3v) is 4.31. The molecule has 0 aliphatic carbocycles. The third kappa shape index (κ3) is 5.96. The Labute approximate surface area is 144 Å². The van der Waals surface area contributed by atoms with Crippen LogP contribution >= 0.6 is 0 Å². The number of ketones is 1. The van der Waals surface area contributed by atoms with Crippen molar-refractivity contribution in [1.29, 1.82) is 0 Å². The van der Waals surface area contributed by atoms with Crippen molar-refractivity contribution in [3.63, 3.8) is 0 Å². The van der Waals surface area contributed by atoms with Crippen molar-refractivity contribution in [3.05, 3.63) is 29.8 Å². The summed E-state index contributed by atoms with van der Waals surface area (Å²) in [5, 5.41) is 3.04. The van der Waals surface area contributed by atoms with Crippen molar-refractivity contribution in [1.82, 2.24) is 10.2 Å². The van der Waals surface area contributed by atoms with E-state index in [4.69, 9.17) is 4.74 Å². The van der Waals surface area contributed by atoms with Gasteiger partial charge in [0.2, 0.25) is 5.91 Å². The number of amides is 1. The third-order valence-electron chi connectivity index (χ3n) is 4.31. The average molecular weight is 332 g/mol. The first kappa shape index (κ1) is 18.5. The average Bonchev–Trinajstić information content (AvgIpc) is 2.60. The number of hydrogen-bond donors (Lipinski definition) is 1. The minimum atomic E-state index is -0.0270. The van der Waals surface area contributed by atoms with E-state index in [1.165, 1.54) is 0 Å². The molecule has 132 valence electrons. The summed E-state index contributed by atoms with van der Waals surface area (Å²) in [7, 11) is 2.09. The van der Waals surface area contributed by atoms with Crippen molar-refractivity contribution < 1.29 is 14.3 Å². The molecular formula is C19H28N2O3. The van der Waals surface area contributed by atoms with Gasteiger partial charge in [-0.1, -0.05) is 6.92 Å². The molecule has 1 aliphatic heterocycles. The maximum absolute atomic E-state index is 12.2. The molecule has 1 saturated heterocycles. The van der Waals surface area contributed by atoms with Gasteiger partial charge in [0.25, 0.3) is 0 Å². The monoisotopic (exact) mass is 332 g/mol. The number of piperidine rings is 1. The molecule has 0 bridgehead atoms. The van der Waals surface area contributed by atoms with Crippen LogP contribution in [0, 0.1) is 0 Å². The molecule has 1 aromatic carbocycles. The molecule has 2 rings (SSSR count). The number of carbonyl (C=O) groups excluding carboxylic acids is 2. The summed E-state index contributed by atoms with van der Waals surface area (Å²) in [6, 6.07) is 7.40. The number of rotatable bonds is 8. The van der Waals surface area contributed by atoms with Gasteiger partial charge in [0.1, 0.15) is 5.75 Å². The maximum Gasteiger partial charge on any atom is 0.220 e. The van der Waals surface area contributed by atoms with E-state index in [1.807, 2.05) is 12.1 Å². The van der Waals surface area contributed by atoms with Crippen molar-refractivity contribution in [2.45, 2.75) is 45.1 Å². The molecule has 1 fully saturated rings. The van der Waals surface area contributed by atoms with E-state index in [0.717, 1.165) is 38.1 Å². The lowest BCUT2D eigenvalue weighted by atomic mass is 10.0. The number of benzene rings is 1. The number of nitrogens with zero attached hydrogens (tertiary/aromatic N) is 1. The highest BCUT2D eigenvalue weighted by Crippen LogP contribution is 2.14. The first-order chi connectivity index (χ1) is 11.6. The second-order valence-corrected chi connectivity index (χ2v) is 6.44. The van der Waals surface area contributed by atoms with E-state index in [2.05, 4.69) is 24.2 Å². The van der Waals surface area contributed by atoms with Crippen LogP contribution in [-0.4, -0.2) is 49.4 Å². The standard InChI is InChI=1S/C19H28N2O3/c1-3-14-24-17-6-4-15(5-7-17)18(22)8-9-19(23)20-16-10-12-21(2)13-11-16/h4-7,16H,3,8-14H2,1-2H3,(H,20,23). The molecule has 1 aliphatic rings. The van der Waals surface area contributed by atoms with E-state index in [-0.39, 0.29) is 30.6 Å². The Bertz CT molecular complexity index is 534. The van der Waals surface area contributed by atoms with E-state index in [9.17, 15) is 9.59 Å². The summed E-state index contributed by atoms with van der Waals surface area (Å²) in [5.41, 5.74) is 0.630. The Kier molecular flexibility index (Phi) is 7.25. The quantitative estimate of drug-likeness (QED) is 0.744. The number of carbonyl (C=O) groups is 2. The van der Waals surface area contributed by atoms with Gasteiger partial charge in [-0.25, -0.2) is 0 Å². The molecule has 0 aromatic heterocycles. The summed E-state index contributed by atoms with van der Waals surface area (Å²) in [6.07, 6.45) is 3.41. The number of hydrogen-bond acceptors (Lipinski definition) is 4. The second kappa shape index (κ2) is 9.42. The molecule has 1 aromatic rings. The normalized spacial score (nSPS) is 15.9. The van der Waals surface area contributed by atoms with Gasteiger partial charge in [-0.15, -0.1) is 0 Å². The van der Waals surface area contributed by atoms with Crippen molar-refractivity contribution in [2.75, 3.05) is 26.7 Å². The second-order valence-electron chi connectivity index (χ2n) is 6.44. The highest BCUT2D eigenvalue weighted by molar-refractivity contribution is 5.98. The number of ether oxygens (including phenoxy) is 1. The van der Waals surface area contributed by atoms with Gasteiger partial charge in [0.15, 0.2) is 5.78 Å². The number of likely N-dealkylation sites (tertiary alicyclic amines) is 1. The fraction of sp³-hybridized carbons (Fsp3) is 0.579. The smallest absolute Gasteiger partial charge is 0.220 e. The van der Waals surface area contributed by atoms with E-state index in [1.54, 1.807) is 12.1 Å². The molecule has 0 saturated carbocycles. The summed E-state index contributed by atoms with van der Waals surface area (Å²) in [6.45, 7) is 4.74. The number of nitrogens with one attached hydrogen (secondary N) is 1. The van der Waals surface area contributed by atoms with Gasteiger partial charge >= 0.3 is 0 Å². The van der Waals surface area contributed by atoms with Crippen LogP contribution in [-0.2, 0) is 4.79 Å². The molecule has 1 N–H and O–H groups in total. The van der Waals surface area contributed by atoms with Gasteiger partial charge in [-0.3, -0.25) is 9.59 Å². The van der Waals surface area contributed by atoms with Gasteiger partial charge in [-0.05, 0) is 63.7 Å². The predicted molar refractivity (Wildman–Crippen MR) is 94.5 cm³/mol. The Morgan fingerprint density at radius 3 is 2.46 bits per heavy atom. The van der Waals surface area contributed by atoms with Crippen molar-refractivity contribution >= 4 is 11.7 Å². The van der Waals surface area contributed by atoms with Gasteiger partial charge in [0.05, 0.1) is 6.61 Å². The van der Waals surface area contributed by atoms with Crippen LogP contribution in [0.1, 0.15) is 49.4 Å². The number of Topliss-reactive ketones (excluding diaryl/α,β-unsaturated/α-hetero) is 1. The lowest BCUT2D eigenvalue weighted by molar-refractivity contribution is -0.122. The Balaban J connectivity index is 1.72. The SMILES string of the molecule is CCCOc1ccc(C(=O)CCC(=O)NC2CCN(C)CC2)cc1. The molecule has 5 heteroatoms. The largest absolute Gasteiger partial charge is 0.494 e. The zero-order valence-corrected chi connectivity index (χ0v) is 14.7. The summed E-state index contributed by atoms with van der Waals surface area (Å²) >= 11 is 0. The van der Waals surface area contributed by atoms with Crippen LogP contribution in [0.2, 0.25) is 0 Å². The lowest BCUT2D eigenvalue weighted by Gasteiger charge is -2.29. The van der Waals surface area contributed by atoms with E-state index in [0.29, 0.717) is 12.2 Å². The predicted octanol–water partition coefficient (Wildman–Crippen LogP) is 2.65. The zero-order valence-electron chi connectivity index (χ0n) is 14.7. The molecule has 1 heterocycles. The van der Waals surface area contributed by atoms with Crippen LogP contribution in [0.5, 0.6) is 5.75 Å². The first-order valence-electron chi connectivity index (χ1n) is 8.82. The van der Waals surface area contributed by atoms with Crippen LogP contribution in [0.15, 0.2) is 24.3 Å². The molecule has 0 unspecified atom stereocenters. The molecule has 0 spiro atoms. The Morgan fingerprint density at radius 1 is 1.17 bits per heavy atom. The van der Waals surface area contributed by atoms with Gasteiger partial charge in [-0.2, -0.15) is 0 Å². The summed E-state index contributed by atoms with van der Waals surface area (Å²) in [4.78, 5) is 26.5. The highest BCUT2D eigenvalue weighted by atomic mass is 16.5. The van der Waals surface area contributed by atoms with E-state index >= 15 is 0 Å². The molecule has 1 amide bonds. The fourth-order valence-electron chi connectivity index (χ4n) is 2.78. The molecule has 24 heavy (non-hydrogen) atoms. The van der Waals surface area contributed by atoms with Crippen LogP contribution in [0.25, 0.3) is 0 Å². The molecular weight excluding hydrogens is 304 g/mol. The molecule has 0 radical (unpaired) electrons.